The highest BCUT2D eigenvalue weighted by Gasteiger charge is 2.29. The zero-order chi connectivity index (χ0) is 10.7. The topological polar surface area (TPSA) is 24.9 Å². The molecule has 1 aliphatic rings. The molecule has 0 radical (unpaired) electrons. The molecule has 2 unspecified atom stereocenters. The fourth-order valence-electron chi connectivity index (χ4n) is 2.68. The number of hydrogen-bond donors (Lipinski definition) is 1. The zero-order valence-corrected chi connectivity index (χ0v) is 9.61. The van der Waals surface area contributed by atoms with Gasteiger partial charge in [-0.2, -0.15) is 0 Å². The van der Waals surface area contributed by atoms with Crippen LogP contribution in [0.5, 0.6) is 0 Å². The summed E-state index contributed by atoms with van der Waals surface area (Å²) in [6.07, 6.45) is 3.20. The maximum atomic E-state index is 4.52. The normalized spacial score (nSPS) is 23.3. The molecule has 0 bridgehead atoms. The molecule has 1 fully saturated rings. The van der Waals surface area contributed by atoms with Crippen molar-refractivity contribution in [3.8, 4) is 0 Å². The van der Waals surface area contributed by atoms with E-state index in [9.17, 15) is 0 Å². The molecule has 82 valence electrons. The summed E-state index contributed by atoms with van der Waals surface area (Å²) in [7, 11) is 0. The van der Waals surface area contributed by atoms with Crippen LogP contribution in [0, 0.1) is 11.8 Å². The summed E-state index contributed by atoms with van der Waals surface area (Å²) in [6, 6.07) is 6.26. The van der Waals surface area contributed by atoms with Crippen LogP contribution < -0.4 is 5.32 Å². The predicted molar refractivity (Wildman–Crippen MR) is 62.8 cm³/mol. The van der Waals surface area contributed by atoms with E-state index in [1.165, 1.54) is 18.7 Å². The lowest BCUT2D eigenvalue weighted by Crippen LogP contribution is -2.21. The monoisotopic (exact) mass is 204 g/mol. The maximum Gasteiger partial charge on any atom is 0.0440 e. The van der Waals surface area contributed by atoms with Crippen LogP contribution in [-0.2, 0) is 0 Å². The van der Waals surface area contributed by atoms with Gasteiger partial charge in [-0.05, 0) is 43.5 Å². The second-order valence-corrected chi connectivity index (χ2v) is 4.78. The number of hydrogen-bond acceptors (Lipinski definition) is 2. The van der Waals surface area contributed by atoms with E-state index in [2.05, 4.69) is 36.3 Å². The largest absolute Gasteiger partial charge is 0.316 e. The van der Waals surface area contributed by atoms with E-state index >= 15 is 0 Å². The number of rotatable bonds is 3. The van der Waals surface area contributed by atoms with E-state index in [0.717, 1.165) is 12.5 Å². The molecule has 2 heteroatoms. The predicted octanol–water partition coefficient (Wildman–Crippen LogP) is 2.43. The minimum absolute atomic E-state index is 0.612. The van der Waals surface area contributed by atoms with E-state index < -0.39 is 0 Å². The van der Waals surface area contributed by atoms with Crippen molar-refractivity contribution in [3.63, 3.8) is 0 Å². The van der Waals surface area contributed by atoms with Crippen LogP contribution in [0.3, 0.4) is 0 Å². The molecule has 1 saturated heterocycles. The molecule has 1 N–H and O–H groups in total. The number of nitrogens with zero attached hydrogens (tertiary/aromatic N) is 1. The minimum atomic E-state index is 0.612. The molecule has 0 aromatic carbocycles. The average Bonchev–Trinajstić information content (AvgIpc) is 2.72. The van der Waals surface area contributed by atoms with Crippen molar-refractivity contribution < 1.29 is 0 Å². The van der Waals surface area contributed by atoms with Gasteiger partial charge in [0, 0.05) is 17.8 Å². The van der Waals surface area contributed by atoms with Crippen molar-refractivity contribution >= 4 is 0 Å². The third-order valence-electron chi connectivity index (χ3n) is 3.35. The highest BCUT2D eigenvalue weighted by molar-refractivity contribution is 5.12. The van der Waals surface area contributed by atoms with Gasteiger partial charge >= 0.3 is 0 Å². The van der Waals surface area contributed by atoms with Gasteiger partial charge in [0.1, 0.15) is 0 Å². The van der Waals surface area contributed by atoms with Crippen LogP contribution in [0.2, 0.25) is 0 Å². The van der Waals surface area contributed by atoms with Crippen LogP contribution >= 0.6 is 0 Å². The Morgan fingerprint density at radius 3 is 2.80 bits per heavy atom. The highest BCUT2D eigenvalue weighted by Crippen LogP contribution is 2.33. The lowest BCUT2D eigenvalue weighted by molar-refractivity contribution is 0.356. The fourth-order valence-corrected chi connectivity index (χ4v) is 2.68. The summed E-state index contributed by atoms with van der Waals surface area (Å²) in [4.78, 5) is 4.52. The Labute approximate surface area is 92.1 Å². The molecule has 15 heavy (non-hydrogen) atoms. The quantitative estimate of drug-likeness (QED) is 0.818. The SMILES string of the molecule is CC(C)C(c1ccccn1)C1CCNC1. The van der Waals surface area contributed by atoms with Crippen molar-refractivity contribution in [1.29, 1.82) is 0 Å². The van der Waals surface area contributed by atoms with Crippen molar-refractivity contribution in [2.24, 2.45) is 11.8 Å². The summed E-state index contributed by atoms with van der Waals surface area (Å²) in [6.45, 7) is 6.93. The van der Waals surface area contributed by atoms with E-state index in [1.807, 2.05) is 12.3 Å². The molecular weight excluding hydrogens is 184 g/mol. The maximum absolute atomic E-state index is 4.52. The Balaban J connectivity index is 2.19. The summed E-state index contributed by atoms with van der Waals surface area (Å²) < 4.78 is 0. The molecule has 2 heterocycles. The van der Waals surface area contributed by atoms with E-state index in [0.29, 0.717) is 11.8 Å². The number of pyridine rings is 1. The standard InChI is InChI=1S/C13H20N2/c1-10(2)13(11-6-8-14-9-11)12-5-3-4-7-15-12/h3-5,7,10-11,13-14H,6,8-9H2,1-2H3. The Morgan fingerprint density at radius 1 is 1.40 bits per heavy atom. The first-order chi connectivity index (χ1) is 7.29. The van der Waals surface area contributed by atoms with Gasteiger partial charge < -0.3 is 5.32 Å². The first-order valence-electron chi connectivity index (χ1n) is 5.90. The van der Waals surface area contributed by atoms with Gasteiger partial charge in [-0.3, -0.25) is 4.98 Å². The molecule has 1 aromatic heterocycles. The Morgan fingerprint density at radius 2 is 2.27 bits per heavy atom. The summed E-state index contributed by atoms with van der Waals surface area (Å²) >= 11 is 0. The van der Waals surface area contributed by atoms with E-state index in [1.54, 1.807) is 0 Å². The highest BCUT2D eigenvalue weighted by atomic mass is 14.9. The molecule has 0 spiro atoms. The van der Waals surface area contributed by atoms with Gasteiger partial charge in [0.25, 0.3) is 0 Å². The molecule has 1 aliphatic heterocycles. The van der Waals surface area contributed by atoms with Gasteiger partial charge in [0.2, 0.25) is 0 Å². The summed E-state index contributed by atoms with van der Waals surface area (Å²) in [5, 5.41) is 3.45. The van der Waals surface area contributed by atoms with E-state index in [4.69, 9.17) is 0 Å². The smallest absolute Gasteiger partial charge is 0.0440 e. The van der Waals surface area contributed by atoms with Crippen LogP contribution in [0.1, 0.15) is 31.9 Å². The van der Waals surface area contributed by atoms with Crippen LogP contribution in [0.25, 0.3) is 0 Å². The summed E-state index contributed by atoms with van der Waals surface area (Å²) in [5.74, 6) is 2.05. The molecule has 2 rings (SSSR count). The van der Waals surface area contributed by atoms with E-state index in [-0.39, 0.29) is 0 Å². The second kappa shape index (κ2) is 4.75. The molecule has 2 nitrogen and oxygen atoms in total. The fraction of sp³-hybridized carbons (Fsp3) is 0.615. The van der Waals surface area contributed by atoms with Gasteiger partial charge in [-0.15, -0.1) is 0 Å². The van der Waals surface area contributed by atoms with Crippen LogP contribution in [0.15, 0.2) is 24.4 Å². The van der Waals surface area contributed by atoms with Crippen LogP contribution in [0.4, 0.5) is 0 Å². The molecule has 1 aromatic rings. The van der Waals surface area contributed by atoms with Crippen molar-refractivity contribution in [2.45, 2.75) is 26.2 Å². The summed E-state index contributed by atoms with van der Waals surface area (Å²) in [5.41, 5.74) is 1.27. The van der Waals surface area contributed by atoms with Gasteiger partial charge in [-0.1, -0.05) is 19.9 Å². The number of nitrogens with one attached hydrogen (secondary N) is 1. The van der Waals surface area contributed by atoms with Gasteiger partial charge in [-0.25, -0.2) is 0 Å². The lowest BCUT2D eigenvalue weighted by Gasteiger charge is -2.26. The first kappa shape index (κ1) is 10.6. The second-order valence-electron chi connectivity index (χ2n) is 4.78. The Hall–Kier alpha value is -0.890. The average molecular weight is 204 g/mol. The lowest BCUT2D eigenvalue weighted by atomic mass is 9.80. The van der Waals surface area contributed by atoms with Gasteiger partial charge in [0.15, 0.2) is 0 Å². The van der Waals surface area contributed by atoms with Crippen LogP contribution in [-0.4, -0.2) is 18.1 Å². The van der Waals surface area contributed by atoms with Crippen molar-refractivity contribution in [3.05, 3.63) is 30.1 Å². The molecule has 0 amide bonds. The number of aromatic nitrogens is 1. The molecule has 0 aliphatic carbocycles. The van der Waals surface area contributed by atoms with Crippen molar-refractivity contribution in [2.75, 3.05) is 13.1 Å². The Bertz CT molecular complexity index is 289. The molecule has 0 saturated carbocycles. The molecule has 2 atom stereocenters. The zero-order valence-electron chi connectivity index (χ0n) is 9.61. The molecular formula is C13H20N2. The van der Waals surface area contributed by atoms with Gasteiger partial charge in [0.05, 0.1) is 0 Å². The van der Waals surface area contributed by atoms with Crippen molar-refractivity contribution in [1.82, 2.24) is 10.3 Å². The third kappa shape index (κ3) is 2.37. The minimum Gasteiger partial charge on any atom is -0.316 e. The Kier molecular flexibility index (Phi) is 3.37. The third-order valence-corrected chi connectivity index (χ3v) is 3.35. The first-order valence-corrected chi connectivity index (χ1v) is 5.90.